The van der Waals surface area contributed by atoms with E-state index in [2.05, 4.69) is 10.4 Å². The van der Waals surface area contributed by atoms with E-state index in [1.54, 1.807) is 36.3 Å². The van der Waals surface area contributed by atoms with Gasteiger partial charge in [0.1, 0.15) is 11.6 Å². The second kappa shape index (κ2) is 6.23. The van der Waals surface area contributed by atoms with Gasteiger partial charge in [-0.15, -0.1) is 0 Å². The molecule has 0 saturated carbocycles. The van der Waals surface area contributed by atoms with Gasteiger partial charge in [0.15, 0.2) is 11.5 Å². The highest BCUT2D eigenvalue weighted by Gasteiger charge is 2.14. The number of fused-ring (bicyclic) bond motifs is 1. The van der Waals surface area contributed by atoms with E-state index in [4.69, 9.17) is 14.7 Å². The molecule has 0 fully saturated rings. The van der Waals surface area contributed by atoms with Gasteiger partial charge in [-0.25, -0.2) is 0 Å². The summed E-state index contributed by atoms with van der Waals surface area (Å²) in [6, 6.07) is 7.34. The quantitative estimate of drug-likeness (QED) is 0.680. The molecule has 1 aliphatic heterocycles. The zero-order valence-corrected chi connectivity index (χ0v) is 12.4. The molecule has 0 unspecified atom stereocenters. The summed E-state index contributed by atoms with van der Waals surface area (Å²) in [7, 11) is 1.77. The maximum Gasteiger partial charge on any atom is 0.262 e. The fourth-order valence-electron chi connectivity index (χ4n) is 2.16. The number of carbonyl (C=O) groups excluding carboxylic acids is 1. The Hall–Kier alpha value is -3.27. The molecule has 1 aliphatic rings. The summed E-state index contributed by atoms with van der Waals surface area (Å²) in [6.45, 7) is 0.499. The number of carbonyl (C=O) groups is 1. The zero-order valence-electron chi connectivity index (χ0n) is 12.4. The standard InChI is InChI=1S/C16H14N4O3/c1-20-9-12(8-19-20)4-13(6-17)16(21)18-7-11-2-3-14-15(5-11)23-10-22-14/h2-5,8-9H,7,10H2,1H3,(H,18,21)/b13-4-. The van der Waals surface area contributed by atoms with Crippen molar-refractivity contribution in [3.63, 3.8) is 0 Å². The van der Waals surface area contributed by atoms with Crippen molar-refractivity contribution in [2.75, 3.05) is 6.79 Å². The summed E-state index contributed by atoms with van der Waals surface area (Å²) >= 11 is 0. The number of nitrogens with zero attached hydrogens (tertiary/aromatic N) is 3. The lowest BCUT2D eigenvalue weighted by atomic mass is 10.1. The molecular formula is C16H14N4O3. The van der Waals surface area contributed by atoms with Gasteiger partial charge in [-0.2, -0.15) is 10.4 Å². The van der Waals surface area contributed by atoms with E-state index < -0.39 is 5.91 Å². The van der Waals surface area contributed by atoms with E-state index in [1.807, 2.05) is 12.1 Å². The Morgan fingerprint density at radius 3 is 3.04 bits per heavy atom. The van der Waals surface area contributed by atoms with Gasteiger partial charge in [0.25, 0.3) is 5.91 Å². The molecule has 1 aromatic heterocycles. The first kappa shape index (κ1) is 14.7. The van der Waals surface area contributed by atoms with Crippen LogP contribution < -0.4 is 14.8 Å². The van der Waals surface area contributed by atoms with Crippen LogP contribution in [-0.2, 0) is 18.4 Å². The minimum Gasteiger partial charge on any atom is -0.454 e. The minimum absolute atomic E-state index is 0.0266. The Kier molecular flexibility index (Phi) is 3.97. The van der Waals surface area contributed by atoms with Crippen LogP contribution in [0.15, 0.2) is 36.2 Å². The average Bonchev–Trinajstić information content (AvgIpc) is 3.18. The summed E-state index contributed by atoms with van der Waals surface area (Å²) in [5, 5.41) is 15.9. The number of aromatic nitrogens is 2. The SMILES string of the molecule is Cn1cc(/C=C(/C#N)C(=O)NCc2ccc3c(c2)OCO3)cn1. The summed E-state index contributed by atoms with van der Waals surface area (Å²) in [6.07, 6.45) is 4.81. The van der Waals surface area contributed by atoms with E-state index in [-0.39, 0.29) is 12.4 Å². The highest BCUT2D eigenvalue weighted by molar-refractivity contribution is 6.01. The Morgan fingerprint density at radius 2 is 2.30 bits per heavy atom. The number of hydrogen-bond donors (Lipinski definition) is 1. The lowest BCUT2D eigenvalue weighted by Crippen LogP contribution is -2.23. The average molecular weight is 310 g/mol. The first-order valence-electron chi connectivity index (χ1n) is 6.93. The highest BCUT2D eigenvalue weighted by Crippen LogP contribution is 2.32. The van der Waals surface area contributed by atoms with E-state index in [1.165, 1.54) is 6.08 Å². The van der Waals surface area contributed by atoms with Crippen molar-refractivity contribution in [1.29, 1.82) is 5.26 Å². The molecule has 0 saturated heterocycles. The zero-order chi connectivity index (χ0) is 16.2. The number of aryl methyl sites for hydroxylation is 1. The van der Waals surface area contributed by atoms with Gasteiger partial charge >= 0.3 is 0 Å². The first-order valence-corrected chi connectivity index (χ1v) is 6.93. The maximum absolute atomic E-state index is 12.1. The van der Waals surface area contributed by atoms with Gasteiger partial charge in [-0.3, -0.25) is 9.48 Å². The van der Waals surface area contributed by atoms with Crippen LogP contribution in [0.25, 0.3) is 6.08 Å². The van der Waals surface area contributed by atoms with Crippen LogP contribution >= 0.6 is 0 Å². The van der Waals surface area contributed by atoms with Gasteiger partial charge in [-0.1, -0.05) is 6.07 Å². The van der Waals surface area contributed by atoms with Gasteiger partial charge in [0.05, 0.1) is 6.20 Å². The lowest BCUT2D eigenvalue weighted by molar-refractivity contribution is -0.117. The van der Waals surface area contributed by atoms with Crippen molar-refractivity contribution in [3.8, 4) is 17.6 Å². The van der Waals surface area contributed by atoms with E-state index >= 15 is 0 Å². The molecule has 1 N–H and O–H groups in total. The van der Waals surface area contributed by atoms with Crippen molar-refractivity contribution >= 4 is 12.0 Å². The van der Waals surface area contributed by atoms with Crippen LogP contribution in [-0.4, -0.2) is 22.5 Å². The Labute approximate surface area is 132 Å². The molecule has 2 aromatic rings. The van der Waals surface area contributed by atoms with Crippen molar-refractivity contribution in [3.05, 3.63) is 47.3 Å². The van der Waals surface area contributed by atoms with Crippen molar-refractivity contribution in [2.24, 2.45) is 7.05 Å². The van der Waals surface area contributed by atoms with Crippen molar-refractivity contribution in [1.82, 2.24) is 15.1 Å². The molecule has 1 amide bonds. The Balaban J connectivity index is 1.66. The summed E-state index contributed by atoms with van der Waals surface area (Å²) in [5.41, 5.74) is 1.59. The third-order valence-corrected chi connectivity index (χ3v) is 3.29. The fraction of sp³-hybridized carbons (Fsp3) is 0.188. The maximum atomic E-state index is 12.1. The molecule has 0 aliphatic carbocycles. The second-order valence-electron chi connectivity index (χ2n) is 4.99. The normalized spacial score (nSPS) is 12.8. The molecule has 7 nitrogen and oxygen atoms in total. The molecule has 0 spiro atoms. The monoisotopic (exact) mass is 310 g/mol. The number of benzene rings is 1. The van der Waals surface area contributed by atoms with E-state index in [0.717, 1.165) is 5.56 Å². The van der Waals surface area contributed by atoms with Crippen molar-refractivity contribution in [2.45, 2.75) is 6.54 Å². The first-order chi connectivity index (χ1) is 11.2. The number of nitriles is 1. The molecule has 0 atom stereocenters. The molecule has 3 rings (SSSR count). The fourth-order valence-corrected chi connectivity index (χ4v) is 2.16. The van der Waals surface area contributed by atoms with Crippen LogP contribution in [0.5, 0.6) is 11.5 Å². The number of amides is 1. The second-order valence-corrected chi connectivity index (χ2v) is 4.99. The smallest absolute Gasteiger partial charge is 0.262 e. The highest BCUT2D eigenvalue weighted by atomic mass is 16.7. The molecule has 7 heteroatoms. The number of hydrogen-bond acceptors (Lipinski definition) is 5. The number of rotatable bonds is 4. The minimum atomic E-state index is -0.436. The van der Waals surface area contributed by atoms with Gasteiger partial charge in [-0.05, 0) is 23.8 Å². The summed E-state index contributed by atoms with van der Waals surface area (Å²) in [5.74, 6) is 0.909. The molecule has 0 radical (unpaired) electrons. The van der Waals surface area contributed by atoms with Gasteiger partial charge < -0.3 is 14.8 Å². The third kappa shape index (κ3) is 3.32. The van der Waals surface area contributed by atoms with Crippen LogP contribution in [0.4, 0.5) is 0 Å². The van der Waals surface area contributed by atoms with E-state index in [9.17, 15) is 4.79 Å². The molecule has 0 bridgehead atoms. The van der Waals surface area contributed by atoms with Gasteiger partial charge in [0, 0.05) is 25.4 Å². The Morgan fingerprint density at radius 1 is 1.48 bits per heavy atom. The third-order valence-electron chi connectivity index (χ3n) is 3.29. The molecule has 116 valence electrons. The predicted molar refractivity (Wildman–Crippen MR) is 81.2 cm³/mol. The summed E-state index contributed by atoms with van der Waals surface area (Å²) < 4.78 is 12.1. The molecule has 23 heavy (non-hydrogen) atoms. The number of nitrogens with one attached hydrogen (secondary N) is 1. The van der Waals surface area contributed by atoms with Crippen LogP contribution in [0.3, 0.4) is 0 Å². The molecule has 1 aromatic carbocycles. The topological polar surface area (TPSA) is 89.2 Å². The van der Waals surface area contributed by atoms with Crippen LogP contribution in [0.2, 0.25) is 0 Å². The molecule has 2 heterocycles. The predicted octanol–water partition coefficient (Wildman–Crippen LogP) is 1.37. The Bertz CT molecular complexity index is 817. The van der Waals surface area contributed by atoms with Crippen LogP contribution in [0, 0.1) is 11.3 Å². The largest absolute Gasteiger partial charge is 0.454 e. The van der Waals surface area contributed by atoms with E-state index in [0.29, 0.717) is 23.6 Å². The van der Waals surface area contributed by atoms with Gasteiger partial charge in [0.2, 0.25) is 6.79 Å². The summed E-state index contributed by atoms with van der Waals surface area (Å²) in [4.78, 5) is 12.1. The van der Waals surface area contributed by atoms with Crippen molar-refractivity contribution < 1.29 is 14.3 Å². The number of ether oxygens (including phenoxy) is 2. The lowest BCUT2D eigenvalue weighted by Gasteiger charge is -2.05. The molecular weight excluding hydrogens is 296 g/mol. The van der Waals surface area contributed by atoms with Crippen LogP contribution in [0.1, 0.15) is 11.1 Å².